The lowest BCUT2D eigenvalue weighted by Gasteiger charge is -2.04. The summed E-state index contributed by atoms with van der Waals surface area (Å²) in [6.07, 6.45) is 4.23. The summed E-state index contributed by atoms with van der Waals surface area (Å²) < 4.78 is 10.5. The van der Waals surface area contributed by atoms with Crippen molar-refractivity contribution in [3.8, 4) is 0 Å². The molecule has 122 valence electrons. The fraction of sp³-hybridized carbons (Fsp3) is 0.316. The molecular weight excluding hydrogens is 399 g/mol. The summed E-state index contributed by atoms with van der Waals surface area (Å²) in [6.45, 7) is 10.5. The van der Waals surface area contributed by atoms with Crippen molar-refractivity contribution in [3.63, 3.8) is 0 Å². The van der Waals surface area contributed by atoms with E-state index in [1.54, 1.807) is 0 Å². The second-order valence-electron chi connectivity index (χ2n) is 5.56. The Morgan fingerprint density at radius 2 is 1.87 bits per heavy atom. The van der Waals surface area contributed by atoms with E-state index in [1.807, 2.05) is 18.2 Å². The van der Waals surface area contributed by atoms with Gasteiger partial charge in [-0.05, 0) is 51.5 Å². The first-order chi connectivity index (χ1) is 10.7. The summed E-state index contributed by atoms with van der Waals surface area (Å²) in [7, 11) is 0. The van der Waals surface area contributed by atoms with Gasteiger partial charge in [0, 0.05) is 24.0 Å². The molecule has 2 heterocycles. The Hall–Kier alpha value is -1.56. The summed E-state index contributed by atoms with van der Waals surface area (Å²) in [6, 6.07) is 10.4. The molecule has 0 fully saturated rings. The largest absolute Gasteiger partial charge is 1.00 e. The first kappa shape index (κ1) is 17.8. The number of para-hydroxylation sites is 2. The van der Waals surface area contributed by atoms with Crippen LogP contribution in [0.3, 0.4) is 0 Å². The topological polar surface area (TPSA) is 21.9 Å². The van der Waals surface area contributed by atoms with Gasteiger partial charge in [0.2, 0.25) is 5.58 Å². The van der Waals surface area contributed by atoms with Crippen LogP contribution in [0.5, 0.6) is 0 Å². The van der Waals surface area contributed by atoms with Gasteiger partial charge in [0.1, 0.15) is 6.54 Å². The molecule has 0 radical (unpaired) electrons. The van der Waals surface area contributed by atoms with Crippen LogP contribution in [0, 0.1) is 13.8 Å². The molecule has 0 saturated heterocycles. The van der Waals surface area contributed by atoms with E-state index in [-0.39, 0.29) is 24.0 Å². The highest BCUT2D eigenvalue weighted by Gasteiger charge is 2.18. The number of halogens is 1. The van der Waals surface area contributed by atoms with Gasteiger partial charge in [0.15, 0.2) is 0 Å². The highest BCUT2D eigenvalue weighted by atomic mass is 127. The molecule has 3 nitrogen and oxygen atoms in total. The van der Waals surface area contributed by atoms with E-state index in [1.165, 1.54) is 17.0 Å². The molecule has 23 heavy (non-hydrogen) atoms. The maximum atomic E-state index is 5.98. The van der Waals surface area contributed by atoms with Gasteiger partial charge >= 0.3 is 5.89 Å². The van der Waals surface area contributed by atoms with Gasteiger partial charge in [-0.15, -0.1) is 0 Å². The van der Waals surface area contributed by atoms with Crippen LogP contribution in [0.25, 0.3) is 23.3 Å². The lowest BCUT2D eigenvalue weighted by atomic mass is 10.2. The Kier molecular flexibility index (Phi) is 5.68. The van der Waals surface area contributed by atoms with Crippen molar-refractivity contribution >= 4 is 23.3 Å². The Morgan fingerprint density at radius 3 is 2.52 bits per heavy atom. The van der Waals surface area contributed by atoms with Crippen LogP contribution in [0.1, 0.15) is 36.7 Å². The predicted molar refractivity (Wildman–Crippen MR) is 90.6 cm³/mol. The maximum absolute atomic E-state index is 5.98. The zero-order valence-electron chi connectivity index (χ0n) is 14.1. The second-order valence-corrected chi connectivity index (χ2v) is 5.56. The average Bonchev–Trinajstić information content (AvgIpc) is 3.01. The number of rotatable bonds is 4. The van der Waals surface area contributed by atoms with E-state index in [0.29, 0.717) is 0 Å². The van der Waals surface area contributed by atoms with Crippen molar-refractivity contribution < 1.29 is 33.0 Å². The zero-order chi connectivity index (χ0) is 15.7. The quantitative estimate of drug-likeness (QED) is 0.460. The van der Waals surface area contributed by atoms with Crippen LogP contribution in [-0.4, -0.2) is 4.57 Å². The van der Waals surface area contributed by atoms with E-state index in [9.17, 15) is 0 Å². The lowest BCUT2D eigenvalue weighted by molar-refractivity contribution is -0.674. The molecule has 0 aliphatic carbocycles. The van der Waals surface area contributed by atoms with Crippen molar-refractivity contribution in [2.24, 2.45) is 0 Å². The number of hydrogen-bond acceptors (Lipinski definition) is 1. The molecule has 3 aromatic rings. The maximum Gasteiger partial charge on any atom is 0.374 e. The number of oxazole rings is 1. The summed E-state index contributed by atoms with van der Waals surface area (Å²) >= 11 is 0. The molecule has 0 aliphatic rings. The lowest BCUT2D eigenvalue weighted by Crippen LogP contribution is -3.00. The highest BCUT2D eigenvalue weighted by Crippen LogP contribution is 2.19. The van der Waals surface area contributed by atoms with Crippen molar-refractivity contribution in [2.45, 2.75) is 40.8 Å². The third kappa shape index (κ3) is 3.22. The van der Waals surface area contributed by atoms with E-state index in [4.69, 9.17) is 4.42 Å². The smallest absolute Gasteiger partial charge is 0.374 e. The van der Waals surface area contributed by atoms with Crippen LogP contribution in [0.4, 0.5) is 0 Å². The fourth-order valence-electron chi connectivity index (χ4n) is 3.15. The molecule has 0 saturated carbocycles. The van der Waals surface area contributed by atoms with E-state index >= 15 is 0 Å². The molecule has 0 spiro atoms. The molecule has 0 unspecified atom stereocenters. The van der Waals surface area contributed by atoms with Gasteiger partial charge < -0.3 is 33.0 Å². The minimum absolute atomic E-state index is 0. The summed E-state index contributed by atoms with van der Waals surface area (Å²) in [4.78, 5) is 0. The standard InChI is InChI=1S/C19H23N2O.HI/c1-5-20-14(3)13-16(15(20)4)11-12-19-21(6-2)17-9-7-8-10-18(17)22-19;/h7-13H,5-6H2,1-4H3;1H/q+1;/p-1. The van der Waals surface area contributed by atoms with Crippen LogP contribution in [0.2, 0.25) is 0 Å². The first-order valence-electron chi connectivity index (χ1n) is 7.91. The molecule has 0 amide bonds. The number of benzene rings is 1. The van der Waals surface area contributed by atoms with Crippen molar-refractivity contribution in [3.05, 3.63) is 53.2 Å². The van der Waals surface area contributed by atoms with Gasteiger partial charge in [-0.3, -0.25) is 0 Å². The zero-order valence-corrected chi connectivity index (χ0v) is 16.3. The summed E-state index contributed by atoms with van der Waals surface area (Å²) in [5.41, 5.74) is 5.93. The van der Waals surface area contributed by atoms with Crippen molar-refractivity contribution in [1.82, 2.24) is 4.57 Å². The van der Waals surface area contributed by atoms with Crippen LogP contribution in [-0.2, 0) is 13.1 Å². The van der Waals surface area contributed by atoms with Gasteiger partial charge in [-0.2, -0.15) is 4.57 Å². The van der Waals surface area contributed by atoms with Crippen LogP contribution in [0.15, 0.2) is 34.7 Å². The van der Waals surface area contributed by atoms with E-state index in [0.717, 1.165) is 30.1 Å². The molecule has 0 aliphatic heterocycles. The number of aromatic nitrogens is 2. The van der Waals surface area contributed by atoms with E-state index < -0.39 is 0 Å². The predicted octanol–water partition coefficient (Wildman–Crippen LogP) is 1.35. The normalized spacial score (nSPS) is 11.3. The van der Waals surface area contributed by atoms with Crippen LogP contribution < -0.4 is 28.5 Å². The van der Waals surface area contributed by atoms with Gasteiger partial charge in [-0.1, -0.05) is 12.1 Å². The minimum Gasteiger partial charge on any atom is -1.00 e. The molecule has 1 aromatic carbocycles. The first-order valence-corrected chi connectivity index (χ1v) is 7.91. The molecule has 3 rings (SSSR count). The molecule has 0 atom stereocenters. The number of hydrogen-bond donors (Lipinski definition) is 0. The highest BCUT2D eigenvalue weighted by molar-refractivity contribution is 5.72. The van der Waals surface area contributed by atoms with Crippen molar-refractivity contribution in [1.29, 1.82) is 0 Å². The molecular formula is C19H23IN2O. The third-order valence-corrected chi connectivity index (χ3v) is 4.29. The average molecular weight is 422 g/mol. The monoisotopic (exact) mass is 422 g/mol. The number of fused-ring (bicyclic) bond motifs is 1. The molecule has 4 heteroatoms. The summed E-state index contributed by atoms with van der Waals surface area (Å²) in [5.74, 6) is 0.894. The fourth-order valence-corrected chi connectivity index (χ4v) is 3.15. The molecule has 0 bridgehead atoms. The van der Waals surface area contributed by atoms with Gasteiger partial charge in [0.25, 0.3) is 5.52 Å². The Labute approximate surface area is 154 Å². The number of aryl methyl sites for hydroxylation is 2. The number of nitrogens with zero attached hydrogens (tertiary/aromatic N) is 2. The third-order valence-electron chi connectivity index (χ3n) is 4.29. The minimum atomic E-state index is 0. The van der Waals surface area contributed by atoms with Gasteiger partial charge in [-0.25, -0.2) is 0 Å². The Morgan fingerprint density at radius 1 is 1.13 bits per heavy atom. The van der Waals surface area contributed by atoms with E-state index in [2.05, 4.69) is 61.1 Å². The molecule has 2 aromatic heterocycles. The Bertz CT molecular complexity index is 843. The molecule has 0 N–H and O–H groups in total. The SMILES string of the molecule is CCn1c(C)cc(C=Cc2oc3ccccc3[n+]2CC)c1C.[I-]. The second kappa shape index (κ2) is 7.34. The Balaban J connectivity index is 0.00000192. The summed E-state index contributed by atoms with van der Waals surface area (Å²) in [5, 5.41) is 0. The van der Waals surface area contributed by atoms with Crippen LogP contribution >= 0.6 is 0 Å². The van der Waals surface area contributed by atoms with Gasteiger partial charge in [0.05, 0.1) is 6.08 Å². The van der Waals surface area contributed by atoms with Crippen molar-refractivity contribution in [2.75, 3.05) is 0 Å².